The summed E-state index contributed by atoms with van der Waals surface area (Å²) in [5, 5.41) is 17.6. The molecule has 9 heteroatoms. The monoisotopic (exact) mass is 667 g/mol. The van der Waals surface area contributed by atoms with Crippen molar-refractivity contribution in [2.75, 3.05) is 11.5 Å². The van der Waals surface area contributed by atoms with E-state index in [1.807, 2.05) is 0 Å². The van der Waals surface area contributed by atoms with Crippen LogP contribution in [0.25, 0.3) is 22.3 Å². The minimum absolute atomic E-state index is 0.138. The Morgan fingerprint density at radius 2 is 1.10 bits per heavy atom. The predicted molar refractivity (Wildman–Crippen MR) is 164 cm³/mol. The molecule has 0 spiro atoms. The molecule has 0 aliphatic rings. The molecule has 0 radical (unpaired) electrons. The van der Waals surface area contributed by atoms with Crippen molar-refractivity contribution < 1.29 is 39.4 Å². The molecule has 0 heterocycles. The molecule has 0 saturated heterocycles. The van der Waals surface area contributed by atoms with Crippen LogP contribution < -0.4 is 16.9 Å². The number of nitrogen functional groups attached to an aromatic ring is 2. The fraction of sp³-hybridized carbons (Fsp3) is 0. The minimum atomic E-state index is -2.07. The normalized spacial score (nSPS) is 15.4. The molecule has 5 aromatic carbocycles. The molecule has 39 heavy (non-hydrogen) atoms. The van der Waals surface area contributed by atoms with Crippen LogP contribution in [0.5, 0.6) is 0 Å². The maximum absolute atomic E-state index is 14.7. The van der Waals surface area contributed by atoms with Crippen LogP contribution in [-0.4, -0.2) is 17.2 Å². The fourth-order valence-electron chi connectivity index (χ4n) is 2.69. The molecule has 0 aromatic heterocycles. The number of hydrogen-bond donors (Lipinski definition) is 4. The first-order valence-electron chi connectivity index (χ1n) is 17.9. The number of nitrogens with two attached hydrogens (primary N) is 2. The van der Waals surface area contributed by atoms with Gasteiger partial charge in [0.05, 0.1) is 31.9 Å². The molecule has 6 N–H and O–H groups in total. The van der Waals surface area contributed by atoms with Crippen molar-refractivity contribution in [3.05, 3.63) is 135 Å². The molecular formula is C30H25BBr2F2N2O2. The SMILES string of the molecule is Nc1c(F)cc(Br)cc1Br.[2H]c1c([2H])c([2H])c(-c2cc(F)c(N)c(-c3c([2H])c([2H])c([2H])c([2H])c3[2H])c2)c([2H])c1[2H].[2H]c1c([2H])c([2H])c(B(O)O)c([2H])c1[2H]. The average Bonchev–Trinajstić information content (AvgIpc) is 3.11. The van der Waals surface area contributed by atoms with Crippen LogP contribution in [0, 0.1) is 11.6 Å². The van der Waals surface area contributed by atoms with Gasteiger partial charge in [0.2, 0.25) is 0 Å². The molecule has 0 atom stereocenters. The molecule has 4 nitrogen and oxygen atoms in total. The number of benzene rings is 5. The van der Waals surface area contributed by atoms with Gasteiger partial charge in [-0.1, -0.05) is 107 Å². The summed E-state index contributed by atoms with van der Waals surface area (Å²) in [7, 11) is -2.07. The Balaban J connectivity index is 0.000000267. The lowest BCUT2D eigenvalue weighted by molar-refractivity contribution is 0.426. The van der Waals surface area contributed by atoms with E-state index in [4.69, 9.17) is 42.1 Å². The Labute approximate surface area is 264 Å². The summed E-state index contributed by atoms with van der Waals surface area (Å²) in [5.74, 6) is -1.44. The predicted octanol–water partition coefficient (Wildman–Crippen LogP) is 7.04. The van der Waals surface area contributed by atoms with E-state index in [-0.39, 0.29) is 27.9 Å². The molecule has 0 unspecified atom stereocenters. The molecule has 0 bridgehead atoms. The summed E-state index contributed by atoms with van der Waals surface area (Å²) in [6.07, 6.45) is 0. The quantitative estimate of drug-likeness (QED) is 0.123. The van der Waals surface area contributed by atoms with Crippen LogP contribution in [-0.2, 0) is 0 Å². The van der Waals surface area contributed by atoms with Gasteiger partial charge in [-0.05, 0) is 62.3 Å². The van der Waals surface area contributed by atoms with Crippen LogP contribution in [0.1, 0.15) is 20.6 Å². The first-order chi connectivity index (χ1) is 24.9. The van der Waals surface area contributed by atoms with E-state index in [9.17, 15) is 8.78 Å². The van der Waals surface area contributed by atoms with Gasteiger partial charge in [0.25, 0.3) is 0 Å². The average molecular weight is 669 g/mol. The second kappa shape index (κ2) is 14.6. The van der Waals surface area contributed by atoms with Crippen molar-refractivity contribution in [3.63, 3.8) is 0 Å². The van der Waals surface area contributed by atoms with Gasteiger partial charge in [0, 0.05) is 14.5 Å². The third kappa shape index (κ3) is 8.76. The van der Waals surface area contributed by atoms with E-state index in [1.54, 1.807) is 6.07 Å². The van der Waals surface area contributed by atoms with Gasteiger partial charge in [-0.15, -0.1) is 0 Å². The second-order valence-electron chi connectivity index (χ2n) is 7.11. The Morgan fingerprint density at radius 3 is 1.62 bits per heavy atom. The molecule has 5 aromatic rings. The molecule has 0 aliphatic carbocycles. The highest BCUT2D eigenvalue weighted by atomic mass is 79.9. The summed E-state index contributed by atoms with van der Waals surface area (Å²) in [6, 6.07) is -3.96. The molecule has 5 rings (SSSR count). The van der Waals surface area contributed by atoms with Gasteiger partial charge in [-0.2, -0.15) is 0 Å². The zero-order valence-electron chi connectivity index (χ0n) is 34.4. The molecule has 0 amide bonds. The third-order valence-corrected chi connectivity index (χ3v) is 5.62. The Kier molecular flexibility index (Phi) is 5.74. The zero-order valence-corrected chi connectivity index (χ0v) is 22.6. The molecule has 198 valence electrons. The molecular weight excluding hydrogens is 629 g/mol. The van der Waals surface area contributed by atoms with Crippen LogP contribution in [0.2, 0.25) is 0 Å². The van der Waals surface area contributed by atoms with Crippen LogP contribution in [0.3, 0.4) is 0 Å². The summed E-state index contributed by atoms with van der Waals surface area (Å²) in [5.41, 5.74) is 9.21. The Morgan fingerprint density at radius 1 is 0.615 bits per heavy atom. The van der Waals surface area contributed by atoms with Gasteiger partial charge in [0.1, 0.15) is 11.6 Å². The lowest BCUT2D eigenvalue weighted by Crippen LogP contribution is -2.29. The highest BCUT2D eigenvalue weighted by Crippen LogP contribution is 2.33. The second-order valence-corrected chi connectivity index (χ2v) is 8.88. The van der Waals surface area contributed by atoms with Crippen LogP contribution in [0.4, 0.5) is 20.2 Å². The lowest BCUT2D eigenvalue weighted by atomic mass is 9.81. The number of anilines is 2. The topological polar surface area (TPSA) is 92.5 Å². The van der Waals surface area contributed by atoms with E-state index < -0.39 is 121 Å². The summed E-state index contributed by atoms with van der Waals surface area (Å²) in [4.78, 5) is 0. The first kappa shape index (κ1) is 15.3. The van der Waals surface area contributed by atoms with Crippen molar-refractivity contribution in [2.45, 2.75) is 0 Å². The third-order valence-electron chi connectivity index (χ3n) is 4.51. The van der Waals surface area contributed by atoms with Gasteiger partial charge >= 0.3 is 7.12 Å². The van der Waals surface area contributed by atoms with Gasteiger partial charge in [-0.25, -0.2) is 8.78 Å². The largest absolute Gasteiger partial charge is 0.488 e. The minimum Gasteiger partial charge on any atom is -0.423 e. The first-order valence-corrected chi connectivity index (χ1v) is 12.0. The fourth-order valence-corrected chi connectivity index (χ4v) is 3.86. The summed E-state index contributed by atoms with van der Waals surface area (Å²) in [6.45, 7) is 0. The van der Waals surface area contributed by atoms with E-state index >= 15 is 0 Å². The van der Waals surface area contributed by atoms with Gasteiger partial charge < -0.3 is 21.5 Å². The molecule has 0 saturated carbocycles. The van der Waals surface area contributed by atoms with E-state index in [0.29, 0.717) is 8.95 Å². The maximum Gasteiger partial charge on any atom is 0.488 e. The van der Waals surface area contributed by atoms with E-state index in [2.05, 4.69) is 31.9 Å². The number of hydrogen-bond acceptors (Lipinski definition) is 4. The molecule has 0 fully saturated rings. The van der Waals surface area contributed by atoms with Gasteiger partial charge in [-0.3, -0.25) is 0 Å². The highest BCUT2D eigenvalue weighted by molar-refractivity contribution is 9.11. The number of rotatable bonds is 3. The molecule has 0 aliphatic heterocycles. The Hall–Kier alpha value is -3.50. The van der Waals surface area contributed by atoms with E-state index in [0.717, 1.165) is 12.1 Å². The summed E-state index contributed by atoms with van der Waals surface area (Å²) < 4.78 is 144. The van der Waals surface area contributed by atoms with Crippen molar-refractivity contribution in [1.29, 1.82) is 0 Å². The van der Waals surface area contributed by atoms with E-state index in [1.165, 1.54) is 6.07 Å². The maximum atomic E-state index is 14.7. The lowest BCUT2D eigenvalue weighted by Gasteiger charge is -2.10. The van der Waals surface area contributed by atoms with Crippen LogP contribution in [0.15, 0.2) is 124 Å². The van der Waals surface area contributed by atoms with Crippen molar-refractivity contribution in [3.8, 4) is 22.3 Å². The smallest absolute Gasteiger partial charge is 0.423 e. The zero-order chi connectivity index (χ0) is 41.4. The Bertz CT molecular complexity index is 2210. The van der Waals surface area contributed by atoms with Gasteiger partial charge in [0.15, 0.2) is 0 Å². The standard InChI is InChI=1S/C18H14FN.C6H7BO2.C6H4Br2FN/c19-17-12-15(13-7-3-1-4-8-13)11-16(18(17)20)14-9-5-2-6-10-14;8-7(9)6-4-2-1-3-5-6;7-3-1-4(8)6(10)5(9)2-3/h1-12H,20H2;1-5,8-9H;1-2H,10H2/i1D,2D,3D,4D,5D,6D,7D,8D,9D,10D;1D,2D,3D,4D,5D;. The van der Waals surface area contributed by atoms with Crippen LogP contribution >= 0.6 is 31.9 Å². The highest BCUT2D eigenvalue weighted by Gasteiger charge is 2.11. The number of halogens is 4. The van der Waals surface area contributed by atoms with Crippen molar-refractivity contribution >= 4 is 55.8 Å². The van der Waals surface area contributed by atoms with Crippen molar-refractivity contribution in [1.82, 2.24) is 0 Å². The van der Waals surface area contributed by atoms with Crippen molar-refractivity contribution in [2.24, 2.45) is 0 Å². The summed E-state index contributed by atoms with van der Waals surface area (Å²) >= 11 is 6.22.